The summed E-state index contributed by atoms with van der Waals surface area (Å²) in [5, 5.41) is 3.36. The number of hydrogen-bond acceptors (Lipinski definition) is 5. The van der Waals surface area contributed by atoms with Gasteiger partial charge in [0.1, 0.15) is 0 Å². The van der Waals surface area contributed by atoms with Crippen LogP contribution >= 0.6 is 11.6 Å². The zero-order valence-corrected chi connectivity index (χ0v) is 20.2. The van der Waals surface area contributed by atoms with E-state index >= 15 is 0 Å². The third-order valence-electron chi connectivity index (χ3n) is 7.18. The lowest BCUT2D eigenvalue weighted by Gasteiger charge is -2.48. The van der Waals surface area contributed by atoms with E-state index in [4.69, 9.17) is 16.3 Å². The summed E-state index contributed by atoms with van der Waals surface area (Å²) >= 11 is 6.34. The summed E-state index contributed by atoms with van der Waals surface area (Å²) in [6.07, 6.45) is 8.39. The van der Waals surface area contributed by atoms with E-state index < -0.39 is 10.0 Å². The third kappa shape index (κ3) is 5.14. The zero-order chi connectivity index (χ0) is 22.6. The number of carbonyl (C=O) groups excluding carboxylic acids is 1. The van der Waals surface area contributed by atoms with Crippen LogP contribution in [0, 0.1) is 0 Å². The number of piperidine rings is 1. The Morgan fingerprint density at radius 3 is 2.34 bits per heavy atom. The number of halogens is 1. The molecule has 3 fully saturated rings. The molecule has 0 bridgehead atoms. The quantitative estimate of drug-likeness (QED) is 0.671. The predicted molar refractivity (Wildman–Crippen MR) is 125 cm³/mol. The molecule has 1 saturated carbocycles. The van der Waals surface area contributed by atoms with Crippen molar-refractivity contribution in [3.63, 3.8) is 0 Å². The molecule has 2 heterocycles. The summed E-state index contributed by atoms with van der Waals surface area (Å²) in [6, 6.07) is 4.45. The maximum absolute atomic E-state index is 13.1. The van der Waals surface area contributed by atoms with Crippen molar-refractivity contribution in [2.24, 2.45) is 0 Å². The smallest absolute Gasteiger partial charge is 0.252 e. The molecule has 7 nitrogen and oxygen atoms in total. The van der Waals surface area contributed by atoms with Gasteiger partial charge >= 0.3 is 0 Å². The van der Waals surface area contributed by atoms with E-state index in [1.54, 1.807) is 0 Å². The van der Waals surface area contributed by atoms with Crippen LogP contribution in [0.2, 0.25) is 5.02 Å². The topological polar surface area (TPSA) is 79.0 Å². The van der Waals surface area contributed by atoms with Gasteiger partial charge in [-0.15, -0.1) is 0 Å². The van der Waals surface area contributed by atoms with Crippen LogP contribution in [0.1, 0.15) is 61.7 Å². The fourth-order valence-electron chi connectivity index (χ4n) is 5.29. The van der Waals surface area contributed by atoms with Crippen LogP contribution in [0.15, 0.2) is 23.1 Å². The minimum atomic E-state index is -3.63. The minimum Gasteiger partial charge on any atom is -0.379 e. The molecular formula is C23H34ClN3O4S. The van der Waals surface area contributed by atoms with Crippen molar-refractivity contribution in [1.82, 2.24) is 14.5 Å². The summed E-state index contributed by atoms with van der Waals surface area (Å²) in [4.78, 5) is 15.7. The summed E-state index contributed by atoms with van der Waals surface area (Å²) < 4.78 is 33.2. The molecule has 32 heavy (non-hydrogen) atoms. The third-order valence-corrected chi connectivity index (χ3v) is 9.40. The Balaban J connectivity index is 1.50. The van der Waals surface area contributed by atoms with Gasteiger partial charge in [-0.1, -0.05) is 37.3 Å². The van der Waals surface area contributed by atoms with Crippen molar-refractivity contribution < 1.29 is 17.9 Å². The zero-order valence-electron chi connectivity index (χ0n) is 18.7. The molecule has 1 amide bonds. The van der Waals surface area contributed by atoms with E-state index in [0.29, 0.717) is 19.6 Å². The number of sulfonamides is 1. The Kier molecular flexibility index (Phi) is 7.77. The highest BCUT2D eigenvalue weighted by molar-refractivity contribution is 7.89. The number of nitrogens with zero attached hydrogens (tertiary/aromatic N) is 2. The SMILES string of the molecule is O=C(NCC1(N2CCOCC2)CCCCC1)c1cc(S(=O)(=O)N2CCCCC2)ccc1Cl. The number of morpholine rings is 1. The fraction of sp³-hybridized carbons (Fsp3) is 0.696. The average molecular weight is 484 g/mol. The molecular weight excluding hydrogens is 450 g/mol. The van der Waals surface area contributed by atoms with Crippen molar-refractivity contribution in [1.29, 1.82) is 0 Å². The summed E-state index contributed by atoms with van der Waals surface area (Å²) in [5.74, 6) is -0.316. The second-order valence-electron chi connectivity index (χ2n) is 9.17. The molecule has 1 N–H and O–H groups in total. The maximum atomic E-state index is 13.1. The highest BCUT2D eigenvalue weighted by Gasteiger charge is 2.39. The van der Waals surface area contributed by atoms with Crippen LogP contribution in [0.3, 0.4) is 0 Å². The van der Waals surface area contributed by atoms with Crippen LogP contribution < -0.4 is 5.32 Å². The van der Waals surface area contributed by atoms with Crippen molar-refractivity contribution in [2.45, 2.75) is 61.8 Å². The van der Waals surface area contributed by atoms with Gasteiger partial charge in [0.25, 0.3) is 5.91 Å². The lowest BCUT2D eigenvalue weighted by molar-refractivity contribution is -0.0361. The minimum absolute atomic E-state index is 0.0678. The van der Waals surface area contributed by atoms with E-state index in [0.717, 1.165) is 71.2 Å². The Morgan fingerprint density at radius 1 is 1.00 bits per heavy atom. The highest BCUT2D eigenvalue weighted by atomic mass is 35.5. The van der Waals surface area contributed by atoms with Gasteiger partial charge in [-0.2, -0.15) is 4.31 Å². The number of amides is 1. The van der Waals surface area contributed by atoms with Crippen LogP contribution in [0.5, 0.6) is 0 Å². The van der Waals surface area contributed by atoms with Gasteiger partial charge in [-0.3, -0.25) is 9.69 Å². The standard InChI is InChI=1S/C23H34ClN3O4S/c24-21-8-7-19(32(29,30)27-11-5-2-6-12-27)17-20(21)22(28)25-18-23(9-3-1-4-10-23)26-13-15-31-16-14-26/h7-8,17H,1-6,9-16,18H2,(H,25,28). The number of benzene rings is 1. The molecule has 4 rings (SSSR count). The second kappa shape index (κ2) is 10.4. The first-order valence-corrected chi connectivity index (χ1v) is 13.6. The average Bonchev–Trinajstić information content (AvgIpc) is 2.84. The predicted octanol–water partition coefficient (Wildman–Crippen LogP) is 3.28. The van der Waals surface area contributed by atoms with Crippen LogP contribution in [-0.2, 0) is 14.8 Å². The molecule has 0 spiro atoms. The maximum Gasteiger partial charge on any atom is 0.252 e. The van der Waals surface area contributed by atoms with Gasteiger partial charge in [-0.25, -0.2) is 8.42 Å². The first-order chi connectivity index (χ1) is 15.4. The molecule has 1 aliphatic carbocycles. The number of ether oxygens (including phenoxy) is 1. The number of carbonyl (C=O) groups is 1. The molecule has 1 aromatic rings. The molecule has 2 saturated heterocycles. The van der Waals surface area contributed by atoms with Crippen LogP contribution in [-0.4, -0.2) is 75.0 Å². The van der Waals surface area contributed by atoms with Crippen molar-refractivity contribution >= 4 is 27.5 Å². The lowest BCUT2D eigenvalue weighted by atomic mass is 9.79. The van der Waals surface area contributed by atoms with E-state index in [2.05, 4.69) is 10.2 Å². The van der Waals surface area contributed by atoms with Crippen LogP contribution in [0.25, 0.3) is 0 Å². The van der Waals surface area contributed by atoms with Gasteiger partial charge in [0.2, 0.25) is 10.0 Å². The molecule has 0 atom stereocenters. The molecule has 178 valence electrons. The molecule has 0 aromatic heterocycles. The highest BCUT2D eigenvalue weighted by Crippen LogP contribution is 2.34. The van der Waals surface area contributed by atoms with E-state index in [1.807, 2.05) is 0 Å². The van der Waals surface area contributed by atoms with E-state index in [9.17, 15) is 13.2 Å². The molecule has 0 radical (unpaired) electrons. The van der Waals surface area contributed by atoms with Crippen molar-refractivity contribution in [3.8, 4) is 0 Å². The van der Waals surface area contributed by atoms with Gasteiger partial charge in [-0.05, 0) is 43.9 Å². The first kappa shape index (κ1) is 24.0. The van der Waals surface area contributed by atoms with Gasteiger partial charge < -0.3 is 10.1 Å². The Morgan fingerprint density at radius 2 is 1.66 bits per heavy atom. The molecule has 2 aliphatic heterocycles. The fourth-order valence-corrected chi connectivity index (χ4v) is 7.03. The van der Waals surface area contributed by atoms with E-state index in [1.165, 1.54) is 28.9 Å². The molecule has 1 aromatic carbocycles. The monoisotopic (exact) mass is 483 g/mol. The normalized spacial score (nSPS) is 23.0. The number of nitrogens with one attached hydrogen (secondary N) is 1. The molecule has 0 unspecified atom stereocenters. The summed E-state index contributed by atoms with van der Waals surface area (Å²) in [6.45, 7) is 4.77. The Labute approximate surface area is 196 Å². The van der Waals surface area contributed by atoms with Gasteiger partial charge in [0.15, 0.2) is 0 Å². The number of hydrogen-bond donors (Lipinski definition) is 1. The Bertz CT molecular complexity index is 906. The van der Waals surface area contributed by atoms with E-state index in [-0.39, 0.29) is 26.9 Å². The van der Waals surface area contributed by atoms with Crippen molar-refractivity contribution in [2.75, 3.05) is 45.9 Å². The number of rotatable bonds is 6. The van der Waals surface area contributed by atoms with Crippen LogP contribution in [0.4, 0.5) is 0 Å². The summed E-state index contributed by atoms with van der Waals surface area (Å²) in [7, 11) is -3.63. The van der Waals surface area contributed by atoms with Gasteiger partial charge in [0, 0.05) is 38.3 Å². The molecule has 9 heteroatoms. The van der Waals surface area contributed by atoms with Gasteiger partial charge in [0.05, 0.1) is 28.7 Å². The molecule has 3 aliphatic rings. The lowest BCUT2D eigenvalue weighted by Crippen LogP contribution is -2.59. The van der Waals surface area contributed by atoms with Crippen molar-refractivity contribution in [3.05, 3.63) is 28.8 Å². The first-order valence-electron chi connectivity index (χ1n) is 11.8. The summed E-state index contributed by atoms with van der Waals surface area (Å²) in [5.41, 5.74) is 0.152. The Hall–Kier alpha value is -1.19. The second-order valence-corrected chi connectivity index (χ2v) is 11.5. The largest absolute Gasteiger partial charge is 0.379 e.